The van der Waals surface area contributed by atoms with Crippen LogP contribution in [0.15, 0.2) is 91.0 Å². The molecular weight excluding hydrogens is 464 g/mol. The Morgan fingerprint density at radius 1 is 0.944 bits per heavy atom. The van der Waals surface area contributed by atoms with E-state index in [2.05, 4.69) is 56.4 Å². The van der Waals surface area contributed by atoms with Crippen LogP contribution in [0, 0.1) is 16.7 Å². The molecule has 1 atom stereocenters. The molecule has 0 radical (unpaired) electrons. The summed E-state index contributed by atoms with van der Waals surface area (Å²) in [5.41, 5.74) is 0.283. The molecule has 0 unspecified atom stereocenters. The molecule has 6 heteroatoms. The summed E-state index contributed by atoms with van der Waals surface area (Å²) in [6, 6.07) is 32.3. The molecule has 1 amide bonds. The smallest absolute Gasteiger partial charge is 0.407 e. The third-order valence-corrected chi connectivity index (χ3v) is 12.1. The zero-order valence-electron chi connectivity index (χ0n) is 21.2. The molecule has 1 aliphatic rings. The van der Waals surface area contributed by atoms with Gasteiger partial charge in [-0.05, 0) is 33.8 Å². The van der Waals surface area contributed by atoms with Crippen LogP contribution in [0.4, 0.5) is 4.79 Å². The van der Waals surface area contributed by atoms with Crippen molar-refractivity contribution in [2.75, 3.05) is 6.61 Å². The van der Waals surface area contributed by atoms with Gasteiger partial charge in [0.05, 0.1) is 24.1 Å². The van der Waals surface area contributed by atoms with Gasteiger partial charge in [-0.2, -0.15) is 5.26 Å². The van der Waals surface area contributed by atoms with Crippen LogP contribution in [0.25, 0.3) is 0 Å². The number of hydrogen-bond acceptors (Lipinski definition) is 4. The Balaban J connectivity index is 1.61. The number of nitriles is 1. The second kappa shape index (κ2) is 10.7. The largest absolute Gasteiger partial charge is 0.445 e. The van der Waals surface area contributed by atoms with Gasteiger partial charge in [-0.25, -0.2) is 4.79 Å². The highest BCUT2D eigenvalue weighted by Crippen LogP contribution is 2.49. The van der Waals surface area contributed by atoms with Crippen molar-refractivity contribution in [1.29, 1.82) is 5.26 Å². The number of alkyl carbamates (subject to hydrolysis) is 1. The molecule has 3 aromatic rings. The Morgan fingerprint density at radius 2 is 1.44 bits per heavy atom. The molecule has 1 aliphatic carbocycles. The van der Waals surface area contributed by atoms with Gasteiger partial charge in [0, 0.05) is 0 Å². The van der Waals surface area contributed by atoms with Gasteiger partial charge < -0.3 is 14.5 Å². The summed E-state index contributed by atoms with van der Waals surface area (Å²) in [7, 11) is -2.80. The van der Waals surface area contributed by atoms with Crippen LogP contribution < -0.4 is 15.7 Å². The minimum Gasteiger partial charge on any atom is -0.445 e. The molecule has 186 valence electrons. The number of benzene rings is 3. The number of rotatable bonds is 9. The topological polar surface area (TPSA) is 71.3 Å². The standard InChI is InChI=1S/C30H34N2O3Si/c1-29(2,3)36(25-15-9-5-10-16-25,26-17-11-6-12-18-26)35-22-27(30(23-31)19-20-30)32-28(33)34-21-24-13-7-4-8-14-24/h4-18,27H,19-22H2,1-3H3,(H,32,33)/t27-/m0/s1. The summed E-state index contributed by atoms with van der Waals surface area (Å²) in [6.45, 7) is 7.06. The minimum absolute atomic E-state index is 0.175. The molecule has 0 bridgehead atoms. The molecule has 4 rings (SSSR count). The van der Waals surface area contributed by atoms with Crippen LogP contribution in [0.3, 0.4) is 0 Å². The van der Waals surface area contributed by atoms with E-state index >= 15 is 0 Å². The van der Waals surface area contributed by atoms with Crippen molar-refractivity contribution in [2.24, 2.45) is 5.41 Å². The van der Waals surface area contributed by atoms with Crippen LogP contribution in [0.5, 0.6) is 0 Å². The van der Waals surface area contributed by atoms with Crippen molar-refractivity contribution < 1.29 is 14.0 Å². The fourth-order valence-corrected chi connectivity index (χ4v) is 9.46. The number of nitrogens with one attached hydrogen (secondary N) is 1. The number of hydrogen-bond donors (Lipinski definition) is 1. The maximum absolute atomic E-state index is 12.8. The van der Waals surface area contributed by atoms with Gasteiger partial charge in [-0.15, -0.1) is 0 Å². The first-order valence-corrected chi connectivity index (χ1v) is 14.3. The number of nitrogens with zero attached hydrogens (tertiary/aromatic N) is 1. The predicted octanol–water partition coefficient (Wildman–Crippen LogP) is 5.16. The monoisotopic (exact) mass is 498 g/mol. The Labute approximate surface area is 215 Å². The first-order valence-electron chi connectivity index (χ1n) is 12.4. The molecule has 1 N–H and O–H groups in total. The molecular formula is C30H34N2O3Si. The quantitative estimate of drug-likeness (QED) is 0.414. The van der Waals surface area contributed by atoms with E-state index in [1.807, 2.05) is 66.7 Å². The van der Waals surface area contributed by atoms with Gasteiger partial charge in [0.2, 0.25) is 0 Å². The van der Waals surface area contributed by atoms with Gasteiger partial charge >= 0.3 is 6.09 Å². The molecule has 0 aliphatic heterocycles. The molecule has 0 heterocycles. The van der Waals surface area contributed by atoms with E-state index in [0.717, 1.165) is 28.8 Å². The third-order valence-electron chi connectivity index (χ3n) is 7.07. The van der Waals surface area contributed by atoms with E-state index in [4.69, 9.17) is 9.16 Å². The summed E-state index contributed by atoms with van der Waals surface area (Å²) in [5, 5.41) is 15.1. The maximum atomic E-state index is 12.8. The van der Waals surface area contributed by atoms with Crippen molar-refractivity contribution in [3.8, 4) is 6.07 Å². The first kappa shape index (κ1) is 25.7. The van der Waals surface area contributed by atoms with Gasteiger partial charge in [0.15, 0.2) is 0 Å². The van der Waals surface area contributed by atoms with Crippen molar-refractivity contribution in [2.45, 2.75) is 51.3 Å². The Morgan fingerprint density at radius 3 is 1.89 bits per heavy atom. The van der Waals surface area contributed by atoms with E-state index in [0.29, 0.717) is 0 Å². The summed E-state index contributed by atoms with van der Waals surface area (Å²) in [5.74, 6) is 0. The van der Waals surface area contributed by atoms with E-state index < -0.39 is 25.9 Å². The average molecular weight is 499 g/mol. The Hall–Kier alpha value is -3.40. The van der Waals surface area contributed by atoms with E-state index in [-0.39, 0.29) is 18.3 Å². The van der Waals surface area contributed by atoms with Gasteiger partial charge in [0.1, 0.15) is 6.61 Å². The number of carbonyl (C=O) groups is 1. The lowest BCUT2D eigenvalue weighted by molar-refractivity contribution is 0.124. The van der Waals surface area contributed by atoms with E-state index in [1.54, 1.807) is 0 Å². The normalized spacial score (nSPS) is 15.4. The van der Waals surface area contributed by atoms with E-state index in [9.17, 15) is 10.1 Å². The summed E-state index contributed by atoms with van der Waals surface area (Å²) >= 11 is 0. The van der Waals surface area contributed by atoms with Crippen LogP contribution in [-0.4, -0.2) is 27.1 Å². The lowest BCUT2D eigenvalue weighted by atomic mass is 9.99. The lowest BCUT2D eigenvalue weighted by Crippen LogP contribution is -2.67. The fraction of sp³-hybridized carbons (Fsp3) is 0.333. The molecule has 0 saturated heterocycles. The molecule has 0 aromatic heterocycles. The highest BCUT2D eigenvalue weighted by molar-refractivity contribution is 6.99. The van der Waals surface area contributed by atoms with Crippen LogP contribution in [0.1, 0.15) is 39.2 Å². The van der Waals surface area contributed by atoms with Gasteiger partial charge in [-0.3, -0.25) is 0 Å². The molecule has 5 nitrogen and oxygen atoms in total. The van der Waals surface area contributed by atoms with E-state index in [1.165, 1.54) is 0 Å². The molecule has 3 aromatic carbocycles. The Bertz CT molecular complexity index is 1140. The van der Waals surface area contributed by atoms with Crippen molar-refractivity contribution in [3.63, 3.8) is 0 Å². The summed E-state index contributed by atoms with van der Waals surface area (Å²) in [4.78, 5) is 12.8. The second-order valence-electron chi connectivity index (χ2n) is 10.5. The molecule has 1 fully saturated rings. The SMILES string of the molecule is CC(C)(C)[Si](OC[C@H](NC(=O)OCc1ccccc1)C1(C#N)CC1)(c1ccccc1)c1ccccc1. The minimum atomic E-state index is -2.80. The van der Waals surface area contributed by atoms with Gasteiger partial charge in [-0.1, -0.05) is 112 Å². The number of amides is 1. The third kappa shape index (κ3) is 5.38. The van der Waals surface area contributed by atoms with Crippen LogP contribution in [-0.2, 0) is 15.8 Å². The van der Waals surface area contributed by atoms with Crippen molar-refractivity contribution >= 4 is 24.8 Å². The highest BCUT2D eigenvalue weighted by Gasteiger charge is 2.54. The first-order chi connectivity index (χ1) is 17.3. The summed E-state index contributed by atoms with van der Waals surface area (Å²) in [6.07, 6.45) is 0.936. The number of ether oxygens (including phenoxy) is 1. The summed E-state index contributed by atoms with van der Waals surface area (Å²) < 4.78 is 12.5. The molecule has 36 heavy (non-hydrogen) atoms. The number of carbonyl (C=O) groups excluding carboxylic acids is 1. The molecule has 0 spiro atoms. The zero-order valence-corrected chi connectivity index (χ0v) is 22.2. The second-order valence-corrected chi connectivity index (χ2v) is 14.8. The highest BCUT2D eigenvalue weighted by atomic mass is 28.4. The maximum Gasteiger partial charge on any atom is 0.407 e. The van der Waals surface area contributed by atoms with Crippen molar-refractivity contribution in [1.82, 2.24) is 5.32 Å². The average Bonchev–Trinajstić information content (AvgIpc) is 3.69. The zero-order chi connectivity index (χ0) is 25.7. The molecule has 1 saturated carbocycles. The van der Waals surface area contributed by atoms with Crippen molar-refractivity contribution in [3.05, 3.63) is 96.6 Å². The van der Waals surface area contributed by atoms with Gasteiger partial charge in [0.25, 0.3) is 8.32 Å². The van der Waals surface area contributed by atoms with Crippen LogP contribution in [0.2, 0.25) is 5.04 Å². The fourth-order valence-electron chi connectivity index (χ4n) is 4.89. The predicted molar refractivity (Wildman–Crippen MR) is 144 cm³/mol. The lowest BCUT2D eigenvalue weighted by Gasteiger charge is -2.44. The Kier molecular flexibility index (Phi) is 7.63. The van der Waals surface area contributed by atoms with Crippen LogP contribution >= 0.6 is 0 Å².